The number of benzene rings is 1. The molecular formula is C17H21N7O. The van der Waals surface area contributed by atoms with E-state index >= 15 is 0 Å². The first-order valence-corrected chi connectivity index (χ1v) is 8.10. The van der Waals surface area contributed by atoms with E-state index < -0.39 is 0 Å². The topological polar surface area (TPSA) is 90.5 Å². The summed E-state index contributed by atoms with van der Waals surface area (Å²) >= 11 is 0. The van der Waals surface area contributed by atoms with Gasteiger partial charge in [0.15, 0.2) is 0 Å². The predicted octanol–water partition coefficient (Wildman–Crippen LogP) is 1.52. The molecule has 8 heteroatoms. The highest BCUT2D eigenvalue weighted by Gasteiger charge is 2.17. The largest absolute Gasteiger partial charge is 0.350 e. The molecule has 3 aromatic rings. The minimum atomic E-state index is -0.157. The summed E-state index contributed by atoms with van der Waals surface area (Å²) in [5, 5.41) is 18.6. The number of hydrogen-bond donors (Lipinski definition) is 1. The number of carbonyl (C=O) groups excluding carboxylic acids is 1. The van der Waals surface area contributed by atoms with Gasteiger partial charge in [0.25, 0.3) is 5.91 Å². The van der Waals surface area contributed by atoms with Gasteiger partial charge in [0, 0.05) is 12.2 Å². The van der Waals surface area contributed by atoms with Crippen molar-refractivity contribution >= 4 is 5.91 Å². The molecule has 130 valence electrons. The maximum atomic E-state index is 12.7. The summed E-state index contributed by atoms with van der Waals surface area (Å²) in [4.78, 5) is 12.7. The number of hydrogen-bond acceptors (Lipinski definition) is 5. The Kier molecular flexibility index (Phi) is 4.60. The van der Waals surface area contributed by atoms with Crippen molar-refractivity contribution < 1.29 is 4.79 Å². The smallest absolute Gasteiger partial charge is 0.253 e. The predicted molar refractivity (Wildman–Crippen MR) is 92.7 cm³/mol. The molecule has 0 unspecified atom stereocenters. The van der Waals surface area contributed by atoms with Crippen molar-refractivity contribution in [1.82, 2.24) is 35.3 Å². The molecule has 1 N–H and O–H groups in total. The van der Waals surface area contributed by atoms with Crippen LogP contribution in [-0.2, 0) is 6.54 Å². The number of aromatic nitrogens is 6. The van der Waals surface area contributed by atoms with E-state index in [1.807, 2.05) is 44.5 Å². The van der Waals surface area contributed by atoms with E-state index in [0.29, 0.717) is 24.3 Å². The number of aryl methyl sites for hydroxylation is 3. The van der Waals surface area contributed by atoms with Crippen molar-refractivity contribution in [1.29, 1.82) is 0 Å². The van der Waals surface area contributed by atoms with Crippen LogP contribution in [0.25, 0.3) is 5.69 Å². The normalized spacial score (nSPS) is 10.9. The molecule has 0 bridgehead atoms. The van der Waals surface area contributed by atoms with Gasteiger partial charge in [0.1, 0.15) is 6.33 Å². The van der Waals surface area contributed by atoms with E-state index in [2.05, 4.69) is 25.9 Å². The lowest BCUT2D eigenvalue weighted by Crippen LogP contribution is -2.29. The molecule has 0 atom stereocenters. The van der Waals surface area contributed by atoms with Crippen LogP contribution in [0.1, 0.15) is 32.9 Å². The minimum absolute atomic E-state index is 0.157. The van der Waals surface area contributed by atoms with Gasteiger partial charge in [-0.2, -0.15) is 9.78 Å². The van der Waals surface area contributed by atoms with E-state index in [0.717, 1.165) is 22.5 Å². The van der Waals surface area contributed by atoms with E-state index in [9.17, 15) is 4.79 Å². The maximum Gasteiger partial charge on any atom is 0.253 e. The lowest BCUT2D eigenvalue weighted by molar-refractivity contribution is 0.0951. The van der Waals surface area contributed by atoms with Crippen molar-refractivity contribution in [3.63, 3.8) is 0 Å². The standard InChI is InChI=1S/C17H21N7O/c1-11-5-6-15(16(14(11)4)24-10-19-21-22-24)17(25)18-7-8-23-13(3)9-12(2)20-23/h5-6,9-10H,7-8H2,1-4H3,(H,18,25). The quantitative estimate of drug-likeness (QED) is 0.761. The van der Waals surface area contributed by atoms with Crippen molar-refractivity contribution in [2.24, 2.45) is 0 Å². The average Bonchev–Trinajstić information content (AvgIpc) is 3.19. The third kappa shape index (κ3) is 3.42. The fourth-order valence-corrected chi connectivity index (χ4v) is 2.82. The lowest BCUT2D eigenvalue weighted by Gasteiger charge is -2.14. The Hall–Kier alpha value is -3.03. The zero-order chi connectivity index (χ0) is 18.0. The molecule has 0 aliphatic rings. The fraction of sp³-hybridized carbons (Fsp3) is 0.353. The Morgan fingerprint density at radius 1 is 1.20 bits per heavy atom. The van der Waals surface area contributed by atoms with Gasteiger partial charge in [-0.05, 0) is 61.4 Å². The molecule has 1 amide bonds. The van der Waals surface area contributed by atoms with Gasteiger partial charge in [0.2, 0.25) is 0 Å². The summed E-state index contributed by atoms with van der Waals surface area (Å²) in [6, 6.07) is 5.75. The summed E-state index contributed by atoms with van der Waals surface area (Å²) < 4.78 is 3.41. The molecular weight excluding hydrogens is 318 g/mol. The van der Waals surface area contributed by atoms with Crippen LogP contribution in [0.4, 0.5) is 0 Å². The molecule has 3 rings (SSSR count). The van der Waals surface area contributed by atoms with Crippen LogP contribution >= 0.6 is 0 Å². The van der Waals surface area contributed by atoms with Crippen molar-refractivity contribution in [3.8, 4) is 5.69 Å². The molecule has 2 heterocycles. The molecule has 0 aliphatic carbocycles. The number of amides is 1. The summed E-state index contributed by atoms with van der Waals surface area (Å²) in [5.74, 6) is -0.157. The number of carbonyl (C=O) groups is 1. The molecule has 0 spiro atoms. The van der Waals surface area contributed by atoms with Gasteiger partial charge in [-0.3, -0.25) is 9.48 Å². The number of rotatable bonds is 5. The SMILES string of the molecule is Cc1cc(C)n(CCNC(=O)c2ccc(C)c(C)c2-n2cnnn2)n1. The van der Waals surface area contributed by atoms with Gasteiger partial charge < -0.3 is 5.32 Å². The van der Waals surface area contributed by atoms with Crippen LogP contribution < -0.4 is 5.32 Å². The van der Waals surface area contributed by atoms with Gasteiger partial charge in [0.05, 0.1) is 23.5 Å². The fourth-order valence-electron chi connectivity index (χ4n) is 2.82. The van der Waals surface area contributed by atoms with Gasteiger partial charge >= 0.3 is 0 Å². The van der Waals surface area contributed by atoms with Crippen molar-refractivity contribution in [2.45, 2.75) is 34.2 Å². The number of nitrogens with one attached hydrogen (secondary N) is 1. The van der Waals surface area contributed by atoms with Crippen LogP contribution in [0.5, 0.6) is 0 Å². The van der Waals surface area contributed by atoms with E-state index in [-0.39, 0.29) is 5.91 Å². The first-order valence-electron chi connectivity index (χ1n) is 8.10. The van der Waals surface area contributed by atoms with E-state index in [4.69, 9.17) is 0 Å². The van der Waals surface area contributed by atoms with Crippen LogP contribution in [0.2, 0.25) is 0 Å². The summed E-state index contributed by atoms with van der Waals surface area (Å²) in [7, 11) is 0. The zero-order valence-corrected chi connectivity index (χ0v) is 14.8. The summed E-state index contributed by atoms with van der Waals surface area (Å²) in [5.41, 5.74) is 5.34. The zero-order valence-electron chi connectivity index (χ0n) is 14.8. The van der Waals surface area contributed by atoms with Gasteiger partial charge in [-0.25, -0.2) is 0 Å². The maximum absolute atomic E-state index is 12.7. The summed E-state index contributed by atoms with van der Waals surface area (Å²) in [6.07, 6.45) is 1.49. The highest BCUT2D eigenvalue weighted by molar-refractivity contribution is 5.98. The second-order valence-electron chi connectivity index (χ2n) is 6.06. The Balaban J connectivity index is 1.78. The molecule has 1 aromatic carbocycles. The third-order valence-electron chi connectivity index (χ3n) is 4.24. The Labute approximate surface area is 145 Å². The molecule has 0 saturated heterocycles. The van der Waals surface area contributed by atoms with Gasteiger partial charge in [-0.1, -0.05) is 6.07 Å². The molecule has 8 nitrogen and oxygen atoms in total. The highest BCUT2D eigenvalue weighted by atomic mass is 16.1. The van der Waals surface area contributed by atoms with Crippen LogP contribution in [0, 0.1) is 27.7 Å². The Bertz CT molecular complexity index is 896. The highest BCUT2D eigenvalue weighted by Crippen LogP contribution is 2.21. The third-order valence-corrected chi connectivity index (χ3v) is 4.24. The molecule has 2 aromatic heterocycles. The van der Waals surface area contributed by atoms with E-state index in [1.165, 1.54) is 11.0 Å². The first-order chi connectivity index (χ1) is 12.0. The minimum Gasteiger partial charge on any atom is -0.350 e. The second-order valence-corrected chi connectivity index (χ2v) is 6.06. The molecule has 0 radical (unpaired) electrons. The summed E-state index contributed by atoms with van der Waals surface area (Å²) in [6.45, 7) is 9.02. The first kappa shape index (κ1) is 16.8. The number of tetrazole rings is 1. The van der Waals surface area contributed by atoms with Crippen molar-refractivity contribution in [3.05, 3.63) is 52.6 Å². The van der Waals surface area contributed by atoms with Crippen molar-refractivity contribution in [2.75, 3.05) is 6.54 Å². The van der Waals surface area contributed by atoms with Crippen LogP contribution in [0.15, 0.2) is 24.5 Å². The number of nitrogens with zero attached hydrogens (tertiary/aromatic N) is 6. The molecule has 0 aliphatic heterocycles. The van der Waals surface area contributed by atoms with Crippen LogP contribution in [-0.4, -0.2) is 42.4 Å². The second kappa shape index (κ2) is 6.84. The van der Waals surface area contributed by atoms with Crippen LogP contribution in [0.3, 0.4) is 0 Å². The van der Waals surface area contributed by atoms with E-state index in [1.54, 1.807) is 6.07 Å². The molecule has 0 fully saturated rings. The molecule has 25 heavy (non-hydrogen) atoms. The Morgan fingerprint density at radius 2 is 2.00 bits per heavy atom. The monoisotopic (exact) mass is 339 g/mol. The molecule has 0 saturated carbocycles. The lowest BCUT2D eigenvalue weighted by atomic mass is 10.0. The Morgan fingerprint density at radius 3 is 2.64 bits per heavy atom. The van der Waals surface area contributed by atoms with Gasteiger partial charge in [-0.15, -0.1) is 5.10 Å². The average molecular weight is 339 g/mol.